The van der Waals surface area contributed by atoms with Gasteiger partial charge in [0.05, 0.1) is 0 Å². The predicted octanol–water partition coefficient (Wildman–Crippen LogP) is 6.67. The number of piperidine rings is 1. The molecule has 4 rings (SSSR count). The van der Waals surface area contributed by atoms with Crippen LogP contribution in [0.25, 0.3) is 0 Å². The monoisotopic (exact) mass is 627 g/mol. The summed E-state index contributed by atoms with van der Waals surface area (Å²) in [5, 5.41) is 0. The first-order valence-electron chi connectivity index (χ1n) is 10.4. The average Bonchev–Trinajstić information content (AvgIpc) is 3.19. The van der Waals surface area contributed by atoms with Crippen LogP contribution in [0.3, 0.4) is 0 Å². The van der Waals surface area contributed by atoms with Crippen LogP contribution in [0.4, 0.5) is 0 Å². The van der Waals surface area contributed by atoms with E-state index in [-0.39, 0.29) is 0 Å². The molecule has 0 spiro atoms. The second-order valence-corrected chi connectivity index (χ2v) is 15.2. The van der Waals surface area contributed by atoms with Crippen molar-refractivity contribution in [2.45, 2.75) is 66.5 Å². The van der Waals surface area contributed by atoms with Crippen LogP contribution in [0.1, 0.15) is 52.6 Å². The van der Waals surface area contributed by atoms with Crippen molar-refractivity contribution in [3.05, 3.63) is 70.6 Å². The van der Waals surface area contributed by atoms with Crippen LogP contribution in [0, 0.1) is 41.3 Å². The Labute approximate surface area is 204 Å². The van der Waals surface area contributed by atoms with Crippen molar-refractivity contribution in [1.29, 1.82) is 0 Å². The van der Waals surface area contributed by atoms with Crippen LogP contribution in [0.2, 0.25) is 0 Å². The van der Waals surface area contributed by atoms with Crippen molar-refractivity contribution < 1.29 is 13.9 Å². The molecule has 1 unspecified atom stereocenters. The fraction of sp³-hybridized carbons (Fsp3) is 0.500. The number of hydrogen-bond donors (Lipinski definition) is 0. The zero-order valence-electron chi connectivity index (χ0n) is 18.6. The van der Waals surface area contributed by atoms with Gasteiger partial charge in [-0.25, -0.2) is 0 Å². The smallest absolute Gasteiger partial charge is 0.0267 e. The molecule has 1 aromatic carbocycles. The number of hydrogen-bond acceptors (Lipinski definition) is 3. The second kappa shape index (κ2) is 13.5. The molecule has 0 N–H and O–H groups in total. The van der Waals surface area contributed by atoms with Gasteiger partial charge >= 0.3 is 40.8 Å². The number of fused-ring (bicyclic) bond motifs is 1. The molecule has 168 valence electrons. The molecule has 2 saturated heterocycles. The third-order valence-corrected chi connectivity index (χ3v) is 6.40. The number of aromatic nitrogens is 1. The fourth-order valence-corrected chi connectivity index (χ4v) is 4.22. The molecule has 2 radical (unpaired) electrons. The summed E-state index contributed by atoms with van der Waals surface area (Å²) in [6, 6.07) is 6.43. The third-order valence-electron chi connectivity index (χ3n) is 6.40. The van der Waals surface area contributed by atoms with Crippen molar-refractivity contribution in [2.24, 2.45) is 0 Å². The molecule has 0 bridgehead atoms. The number of nitrogens with zero attached hydrogens (tertiary/aromatic N) is 3. The molecule has 0 aliphatic carbocycles. The van der Waals surface area contributed by atoms with Crippen molar-refractivity contribution in [1.82, 2.24) is 14.8 Å². The molecular weight excluding hydrogens is 597 g/mol. The van der Waals surface area contributed by atoms with Crippen LogP contribution in [0.5, 0.6) is 0 Å². The second-order valence-electron chi connectivity index (χ2n) is 8.00. The molecule has 3 heterocycles. The van der Waals surface area contributed by atoms with E-state index < -0.39 is 0 Å². The van der Waals surface area contributed by atoms with Gasteiger partial charge in [0.1, 0.15) is 6.67 Å². The minimum absolute atomic E-state index is 0.575. The third kappa shape index (κ3) is 7.22. The Balaban J connectivity index is 0.000000298. The Morgan fingerprint density at radius 3 is 1.97 bits per heavy atom. The fourth-order valence-electron chi connectivity index (χ4n) is 4.22. The van der Waals surface area contributed by atoms with Gasteiger partial charge in [0.2, 0.25) is 0 Å². The van der Waals surface area contributed by atoms with Gasteiger partial charge in [-0.1, -0.05) is 12.5 Å². The van der Waals surface area contributed by atoms with Gasteiger partial charge in [-0.2, -0.15) is 0 Å². The van der Waals surface area contributed by atoms with Gasteiger partial charge in [-0.3, -0.25) is 14.8 Å². The first-order valence-corrected chi connectivity index (χ1v) is 17.5. The van der Waals surface area contributed by atoms with Crippen molar-refractivity contribution >= 4 is 26.9 Å². The van der Waals surface area contributed by atoms with E-state index in [1.165, 1.54) is 59.2 Å². The van der Waals surface area contributed by atoms with Crippen LogP contribution in [-0.4, -0.2) is 33.9 Å². The van der Waals surface area contributed by atoms with Gasteiger partial charge in [0, 0.05) is 38.1 Å². The summed E-state index contributed by atoms with van der Waals surface area (Å²) in [4.78, 5) is 8.65. The Bertz CT molecular complexity index is 716. The maximum Gasteiger partial charge on any atom is 0.0267 e. The molecule has 3 nitrogen and oxygen atoms in total. The van der Waals surface area contributed by atoms with Crippen molar-refractivity contribution in [2.75, 3.05) is 13.1 Å². The normalized spacial score (nSPS) is 18.8. The molecule has 2 aliphatic heterocycles. The largest absolute Gasteiger partial charge is 0.265 e. The van der Waals surface area contributed by atoms with Crippen LogP contribution in [-0.2, 0) is 20.5 Å². The molecule has 0 saturated carbocycles. The zero-order valence-corrected chi connectivity index (χ0v) is 23.3. The molecule has 1 atom stereocenters. The summed E-state index contributed by atoms with van der Waals surface area (Å²) in [7, 11) is 0. The molecule has 2 aromatic rings. The van der Waals surface area contributed by atoms with E-state index >= 15 is 0 Å². The average molecular weight is 630 g/mol. The maximum absolute atomic E-state index is 3.78. The first kappa shape index (κ1) is 26.2. The summed E-state index contributed by atoms with van der Waals surface area (Å²) in [5.41, 5.74) is 8.85. The molecule has 0 amide bonds. The maximum atomic E-state index is 3.78. The summed E-state index contributed by atoms with van der Waals surface area (Å²) < 4.78 is 0. The van der Waals surface area contributed by atoms with Crippen molar-refractivity contribution in [3.8, 4) is 0 Å². The summed E-state index contributed by atoms with van der Waals surface area (Å²) in [5.74, 6) is 0. The number of benzene rings is 1. The van der Waals surface area contributed by atoms with Crippen LogP contribution < -0.4 is 0 Å². The van der Waals surface area contributed by atoms with Gasteiger partial charge in [-0.05, 0) is 93.0 Å². The van der Waals surface area contributed by atoms with Gasteiger partial charge in [0.25, 0.3) is 0 Å². The van der Waals surface area contributed by atoms with Crippen LogP contribution in [0.15, 0.2) is 30.6 Å². The minimum Gasteiger partial charge on any atom is -0.265 e. The van der Waals surface area contributed by atoms with Gasteiger partial charge in [-0.15, -0.1) is 0 Å². The van der Waals surface area contributed by atoms with E-state index in [4.69, 9.17) is 0 Å². The van der Waals surface area contributed by atoms with E-state index in [9.17, 15) is 0 Å². The SMILES string of the molecule is Cc1c(C)c(C)c(CN2[C]N3CCCCC3C2)c(C)c1C.[Br][Pd][Br].c1ccncc1. The van der Waals surface area contributed by atoms with Gasteiger partial charge in [0.15, 0.2) is 0 Å². The summed E-state index contributed by atoms with van der Waals surface area (Å²) in [6.07, 6.45) is 7.56. The Morgan fingerprint density at radius 1 is 0.933 bits per heavy atom. The first-order chi connectivity index (χ1) is 14.4. The quantitative estimate of drug-likeness (QED) is 0.347. The van der Waals surface area contributed by atoms with Crippen LogP contribution >= 0.6 is 26.9 Å². The molecule has 2 aliphatic rings. The minimum atomic E-state index is 0.575. The van der Waals surface area contributed by atoms with E-state index in [1.807, 2.05) is 18.2 Å². The van der Waals surface area contributed by atoms with E-state index in [0.717, 1.165) is 13.1 Å². The molecule has 30 heavy (non-hydrogen) atoms. The topological polar surface area (TPSA) is 19.4 Å². The standard InChI is InChI=1S/C19H28N2.C5H5N.2BrH.Pd/c1-13-14(2)16(4)19(17(5)15(13)3)11-20-10-18-8-6-7-9-21(18)12-20;1-2-4-6-5-3-1;;;/h18H,6-11H2,1-5H3;1-5H;2*1H;/q;;;;+2/p-2. The number of halogens is 2. The Hall–Kier alpha value is -0.0877. The summed E-state index contributed by atoms with van der Waals surface area (Å²) >= 11 is 6.80. The molecular formula is C24H33Br2N3Pd. The van der Waals surface area contributed by atoms with E-state index in [0.29, 0.717) is 20.0 Å². The van der Waals surface area contributed by atoms with Gasteiger partial charge < -0.3 is 0 Å². The number of pyridine rings is 1. The van der Waals surface area contributed by atoms with E-state index in [1.54, 1.807) is 12.4 Å². The molecule has 1 aromatic heterocycles. The number of rotatable bonds is 2. The zero-order chi connectivity index (χ0) is 22.1. The summed E-state index contributed by atoms with van der Waals surface area (Å²) in [6.45, 7) is 18.3. The van der Waals surface area contributed by atoms with Crippen molar-refractivity contribution in [3.63, 3.8) is 0 Å². The Kier molecular flexibility index (Phi) is 11.7. The van der Waals surface area contributed by atoms with E-state index in [2.05, 4.69) is 82.9 Å². The molecule has 2 fully saturated rings. The predicted molar refractivity (Wildman–Crippen MR) is 130 cm³/mol. The Morgan fingerprint density at radius 2 is 1.50 bits per heavy atom. The molecule has 6 heteroatoms.